The third-order valence-electron chi connectivity index (χ3n) is 6.46. The summed E-state index contributed by atoms with van der Waals surface area (Å²) in [5.41, 5.74) is 6.41. The molecular weight excluding hydrogens is 480 g/mol. The zero-order chi connectivity index (χ0) is 26.6. The van der Waals surface area contributed by atoms with Gasteiger partial charge in [-0.15, -0.1) is 0 Å². The van der Waals surface area contributed by atoms with Crippen LogP contribution in [0, 0.1) is 6.92 Å². The number of ether oxygens (including phenoxy) is 2. The molecule has 0 aliphatic rings. The molecule has 0 saturated carbocycles. The van der Waals surface area contributed by atoms with Crippen molar-refractivity contribution in [2.75, 3.05) is 7.11 Å². The second-order valence-corrected chi connectivity index (χ2v) is 8.91. The fourth-order valence-corrected chi connectivity index (χ4v) is 4.52. The summed E-state index contributed by atoms with van der Waals surface area (Å²) in [7, 11) is 1.56. The van der Waals surface area contributed by atoms with Crippen molar-refractivity contribution in [3.63, 3.8) is 0 Å². The van der Waals surface area contributed by atoms with Gasteiger partial charge in [-0.2, -0.15) is 4.98 Å². The normalized spacial score (nSPS) is 10.9. The summed E-state index contributed by atoms with van der Waals surface area (Å²) in [5, 5.41) is 9.91. The molecule has 38 heavy (non-hydrogen) atoms. The highest BCUT2D eigenvalue weighted by atomic mass is 16.5. The number of carboxylic acid groups (broad SMARTS) is 1. The number of hydrogen-bond acceptors (Lipinski definition) is 5. The Kier molecular flexibility index (Phi) is 6.91. The van der Waals surface area contributed by atoms with Gasteiger partial charge in [0.1, 0.15) is 12.3 Å². The van der Waals surface area contributed by atoms with Crippen molar-refractivity contribution in [3.8, 4) is 28.1 Å². The first-order valence-corrected chi connectivity index (χ1v) is 12.1. The van der Waals surface area contributed by atoms with Crippen molar-refractivity contribution in [1.82, 2.24) is 9.38 Å². The maximum absolute atomic E-state index is 12.9. The van der Waals surface area contributed by atoms with Crippen LogP contribution in [-0.4, -0.2) is 33.5 Å². The standard InChI is InChI=1S/C31H26N2O5/c1-20-12-14-24(33-18-28(37-2)32-30(20)33)19-38-29(34)17-22-10-6-7-11-25(22)23-13-15-26(27(16-23)31(35)36)21-8-4-3-5-9-21/h3-16,18H,17,19H2,1-2H3,(H,35,36). The Hall–Kier alpha value is -4.91. The van der Waals surface area contributed by atoms with E-state index in [-0.39, 0.29) is 18.6 Å². The molecular formula is C31H26N2O5. The molecule has 190 valence electrons. The van der Waals surface area contributed by atoms with Crippen LogP contribution >= 0.6 is 0 Å². The molecule has 0 atom stereocenters. The zero-order valence-corrected chi connectivity index (χ0v) is 21.0. The van der Waals surface area contributed by atoms with Gasteiger partial charge < -0.3 is 14.6 Å². The summed E-state index contributed by atoms with van der Waals surface area (Å²) in [4.78, 5) is 29.4. The number of carbonyl (C=O) groups excluding carboxylic acids is 1. The van der Waals surface area contributed by atoms with Gasteiger partial charge in [-0.25, -0.2) is 4.79 Å². The Morgan fingerprint density at radius 2 is 1.66 bits per heavy atom. The minimum atomic E-state index is -1.01. The first kappa shape index (κ1) is 24.8. The van der Waals surface area contributed by atoms with E-state index >= 15 is 0 Å². The first-order chi connectivity index (χ1) is 18.4. The van der Waals surface area contributed by atoms with Crippen molar-refractivity contribution in [3.05, 3.63) is 114 Å². The third-order valence-corrected chi connectivity index (χ3v) is 6.46. The lowest BCUT2D eigenvalue weighted by Gasteiger charge is -2.13. The van der Waals surface area contributed by atoms with Crippen LogP contribution in [0.2, 0.25) is 0 Å². The molecule has 0 aliphatic heterocycles. The monoisotopic (exact) mass is 506 g/mol. The summed E-state index contributed by atoms with van der Waals surface area (Å²) in [5.74, 6) is -0.916. The Labute approximate surface area is 219 Å². The number of imidazole rings is 1. The molecule has 1 N–H and O–H groups in total. The molecule has 2 heterocycles. The molecule has 5 aromatic rings. The molecule has 0 amide bonds. The fraction of sp³-hybridized carbons (Fsp3) is 0.129. The number of pyridine rings is 1. The van der Waals surface area contributed by atoms with Crippen LogP contribution in [0.4, 0.5) is 0 Å². The molecule has 7 nitrogen and oxygen atoms in total. The number of benzene rings is 3. The number of methoxy groups -OCH3 is 1. The van der Waals surface area contributed by atoms with E-state index < -0.39 is 11.9 Å². The Morgan fingerprint density at radius 3 is 2.42 bits per heavy atom. The lowest BCUT2D eigenvalue weighted by atomic mass is 9.92. The quantitative estimate of drug-likeness (QED) is 0.261. The van der Waals surface area contributed by atoms with Crippen LogP contribution in [-0.2, 0) is 22.6 Å². The minimum absolute atomic E-state index is 0.0429. The lowest BCUT2D eigenvalue weighted by molar-refractivity contribution is -0.144. The van der Waals surface area contributed by atoms with E-state index in [1.165, 1.54) is 0 Å². The molecule has 3 aromatic carbocycles. The predicted molar refractivity (Wildman–Crippen MR) is 144 cm³/mol. The Balaban J connectivity index is 1.38. The molecule has 0 fully saturated rings. The number of aromatic nitrogens is 2. The van der Waals surface area contributed by atoms with Crippen molar-refractivity contribution < 1.29 is 24.2 Å². The van der Waals surface area contributed by atoms with E-state index in [0.717, 1.165) is 39.2 Å². The van der Waals surface area contributed by atoms with Crippen molar-refractivity contribution in [1.29, 1.82) is 0 Å². The lowest BCUT2D eigenvalue weighted by Crippen LogP contribution is -2.11. The highest BCUT2D eigenvalue weighted by molar-refractivity contribution is 5.98. The van der Waals surface area contributed by atoms with E-state index in [0.29, 0.717) is 11.4 Å². The van der Waals surface area contributed by atoms with Gasteiger partial charge in [-0.05, 0) is 52.4 Å². The summed E-state index contributed by atoms with van der Waals surface area (Å²) in [6, 6.07) is 26.0. The summed E-state index contributed by atoms with van der Waals surface area (Å²) >= 11 is 0. The van der Waals surface area contributed by atoms with Crippen molar-refractivity contribution in [2.45, 2.75) is 20.0 Å². The van der Waals surface area contributed by atoms with Crippen LogP contribution in [0.3, 0.4) is 0 Å². The largest absolute Gasteiger partial charge is 0.480 e. The number of esters is 1. The average molecular weight is 507 g/mol. The van der Waals surface area contributed by atoms with Gasteiger partial charge >= 0.3 is 11.9 Å². The molecule has 0 aliphatic carbocycles. The predicted octanol–water partition coefficient (Wildman–Crippen LogP) is 5.97. The van der Waals surface area contributed by atoms with Crippen molar-refractivity contribution in [2.24, 2.45) is 0 Å². The number of aromatic carboxylic acids is 1. The number of carbonyl (C=O) groups is 2. The molecule has 0 saturated heterocycles. The van der Waals surface area contributed by atoms with E-state index in [4.69, 9.17) is 9.47 Å². The maximum Gasteiger partial charge on any atom is 0.336 e. The van der Waals surface area contributed by atoms with Gasteiger partial charge in [0.2, 0.25) is 5.88 Å². The van der Waals surface area contributed by atoms with Crippen molar-refractivity contribution >= 4 is 17.6 Å². The Morgan fingerprint density at radius 1 is 0.895 bits per heavy atom. The number of carboxylic acids is 1. The van der Waals surface area contributed by atoms with Crippen LogP contribution in [0.1, 0.15) is 27.2 Å². The van der Waals surface area contributed by atoms with Gasteiger partial charge in [-0.1, -0.05) is 72.8 Å². The first-order valence-electron chi connectivity index (χ1n) is 12.1. The molecule has 0 unspecified atom stereocenters. The molecule has 0 spiro atoms. The number of rotatable bonds is 8. The average Bonchev–Trinajstić information content (AvgIpc) is 3.39. The molecule has 2 aromatic heterocycles. The molecule has 7 heteroatoms. The van der Waals surface area contributed by atoms with E-state index in [2.05, 4.69) is 4.98 Å². The highest BCUT2D eigenvalue weighted by Gasteiger charge is 2.17. The number of fused-ring (bicyclic) bond motifs is 1. The molecule has 5 rings (SSSR count). The van der Waals surface area contributed by atoms with E-state index in [1.807, 2.05) is 90.2 Å². The topological polar surface area (TPSA) is 90.1 Å². The van der Waals surface area contributed by atoms with Gasteiger partial charge in [0, 0.05) is 0 Å². The van der Waals surface area contributed by atoms with Crippen LogP contribution in [0.5, 0.6) is 5.88 Å². The number of hydrogen-bond donors (Lipinski definition) is 1. The fourth-order valence-electron chi connectivity index (χ4n) is 4.52. The second kappa shape index (κ2) is 10.6. The summed E-state index contributed by atoms with van der Waals surface area (Å²) < 4.78 is 12.7. The minimum Gasteiger partial charge on any atom is -0.480 e. The van der Waals surface area contributed by atoms with E-state index in [9.17, 15) is 14.7 Å². The van der Waals surface area contributed by atoms with Crippen LogP contribution in [0.25, 0.3) is 27.9 Å². The summed E-state index contributed by atoms with van der Waals surface area (Å²) in [6.45, 7) is 2.03. The van der Waals surface area contributed by atoms with Gasteiger partial charge in [0.15, 0.2) is 0 Å². The zero-order valence-electron chi connectivity index (χ0n) is 21.0. The number of aryl methyl sites for hydroxylation is 1. The van der Waals surface area contributed by atoms with Gasteiger partial charge in [0.25, 0.3) is 0 Å². The van der Waals surface area contributed by atoms with Crippen LogP contribution in [0.15, 0.2) is 91.1 Å². The van der Waals surface area contributed by atoms with Crippen LogP contribution < -0.4 is 4.74 Å². The van der Waals surface area contributed by atoms with Gasteiger partial charge in [-0.3, -0.25) is 9.20 Å². The second-order valence-electron chi connectivity index (χ2n) is 8.91. The van der Waals surface area contributed by atoms with Gasteiger partial charge in [0.05, 0.1) is 31.0 Å². The van der Waals surface area contributed by atoms with E-state index in [1.54, 1.807) is 19.4 Å². The summed E-state index contributed by atoms with van der Waals surface area (Å²) in [6.07, 6.45) is 1.81. The molecule has 0 bridgehead atoms. The number of nitrogens with zero attached hydrogens (tertiary/aromatic N) is 2. The molecule has 0 radical (unpaired) electrons. The maximum atomic E-state index is 12.9. The Bertz CT molecular complexity index is 1640. The smallest absolute Gasteiger partial charge is 0.336 e. The SMILES string of the molecule is COc1cn2c(COC(=O)Cc3ccccc3-c3ccc(-c4ccccc4)c(C(=O)O)c3)ccc(C)c2n1. The third kappa shape index (κ3) is 4.99. The highest BCUT2D eigenvalue weighted by Crippen LogP contribution is 2.31.